The summed E-state index contributed by atoms with van der Waals surface area (Å²) in [5.74, 6) is -1.28. The minimum atomic E-state index is -1.06. The molecule has 5 heteroatoms. The Morgan fingerprint density at radius 1 is 1.15 bits per heavy atom. The third-order valence-corrected chi connectivity index (χ3v) is 2.80. The number of carbonyl (C=O) groups excluding carboxylic acids is 1. The van der Waals surface area contributed by atoms with Crippen molar-refractivity contribution in [2.24, 2.45) is 0 Å². The van der Waals surface area contributed by atoms with Gasteiger partial charge in [0.25, 0.3) is 0 Å². The van der Waals surface area contributed by atoms with Crippen LogP contribution < -0.4 is 5.32 Å². The number of para-hydroxylation sites is 1. The number of nitrogens with one attached hydrogen (secondary N) is 1. The standard InChI is InChI=1S/C15H14N2O3/c18-14(8-7-11-4-3-9-16-10-11)17-13-6-2-1-5-12(13)15(19)20/h1-6,9-10H,7-8H2,(H,17,18)(H,19,20). The van der Waals surface area contributed by atoms with Crippen LogP contribution in [-0.2, 0) is 11.2 Å². The van der Waals surface area contributed by atoms with Gasteiger partial charge in [0.1, 0.15) is 0 Å². The lowest BCUT2D eigenvalue weighted by molar-refractivity contribution is -0.116. The topological polar surface area (TPSA) is 79.3 Å². The maximum atomic E-state index is 11.8. The first-order valence-electron chi connectivity index (χ1n) is 6.18. The minimum Gasteiger partial charge on any atom is -0.478 e. The van der Waals surface area contributed by atoms with E-state index in [1.165, 1.54) is 6.07 Å². The summed E-state index contributed by atoms with van der Waals surface area (Å²) in [5.41, 5.74) is 1.37. The third-order valence-electron chi connectivity index (χ3n) is 2.80. The summed E-state index contributed by atoms with van der Waals surface area (Å²) in [6.07, 6.45) is 4.22. The second-order valence-corrected chi connectivity index (χ2v) is 4.26. The van der Waals surface area contributed by atoms with Crippen molar-refractivity contribution >= 4 is 17.6 Å². The lowest BCUT2D eigenvalue weighted by Crippen LogP contribution is -2.15. The maximum Gasteiger partial charge on any atom is 0.337 e. The molecule has 5 nitrogen and oxygen atoms in total. The molecule has 0 saturated carbocycles. The quantitative estimate of drug-likeness (QED) is 0.874. The molecule has 1 aromatic carbocycles. The monoisotopic (exact) mass is 270 g/mol. The molecule has 2 N–H and O–H groups in total. The summed E-state index contributed by atoms with van der Waals surface area (Å²) in [6.45, 7) is 0. The number of anilines is 1. The predicted molar refractivity (Wildman–Crippen MR) is 74.6 cm³/mol. The van der Waals surface area contributed by atoms with Gasteiger partial charge in [0.2, 0.25) is 5.91 Å². The van der Waals surface area contributed by atoms with E-state index in [9.17, 15) is 9.59 Å². The average Bonchev–Trinajstić information content (AvgIpc) is 2.46. The van der Waals surface area contributed by atoms with Crippen molar-refractivity contribution in [3.63, 3.8) is 0 Å². The van der Waals surface area contributed by atoms with Crippen LogP contribution in [0.2, 0.25) is 0 Å². The highest BCUT2D eigenvalue weighted by molar-refractivity contribution is 6.00. The Kier molecular flexibility index (Phi) is 4.44. The molecule has 20 heavy (non-hydrogen) atoms. The molecule has 0 saturated heterocycles. The minimum absolute atomic E-state index is 0.0854. The lowest BCUT2D eigenvalue weighted by atomic mass is 10.1. The van der Waals surface area contributed by atoms with Crippen LogP contribution in [0.5, 0.6) is 0 Å². The van der Waals surface area contributed by atoms with Gasteiger partial charge in [-0.1, -0.05) is 18.2 Å². The molecule has 0 fully saturated rings. The molecule has 0 atom stereocenters. The van der Waals surface area contributed by atoms with Crippen LogP contribution in [0, 0.1) is 0 Å². The molecule has 1 aromatic heterocycles. The molecule has 102 valence electrons. The number of carbonyl (C=O) groups is 2. The van der Waals surface area contributed by atoms with E-state index in [1.54, 1.807) is 30.6 Å². The van der Waals surface area contributed by atoms with Crippen LogP contribution in [0.25, 0.3) is 0 Å². The molecule has 2 aromatic rings. The lowest BCUT2D eigenvalue weighted by Gasteiger charge is -2.08. The number of hydrogen-bond acceptors (Lipinski definition) is 3. The van der Waals surface area contributed by atoms with Crippen molar-refractivity contribution < 1.29 is 14.7 Å². The van der Waals surface area contributed by atoms with E-state index in [0.29, 0.717) is 12.1 Å². The Balaban J connectivity index is 1.97. The normalized spacial score (nSPS) is 10.0. The number of carboxylic acid groups (broad SMARTS) is 1. The van der Waals surface area contributed by atoms with Gasteiger partial charge in [0.05, 0.1) is 11.3 Å². The molecule has 0 aliphatic heterocycles. The Labute approximate surface area is 116 Å². The summed E-state index contributed by atoms with van der Waals surface area (Å²) < 4.78 is 0. The van der Waals surface area contributed by atoms with Crippen molar-refractivity contribution in [2.75, 3.05) is 5.32 Å². The van der Waals surface area contributed by atoms with E-state index < -0.39 is 5.97 Å². The fraction of sp³-hybridized carbons (Fsp3) is 0.133. The van der Waals surface area contributed by atoms with Crippen LogP contribution in [0.15, 0.2) is 48.8 Å². The zero-order valence-electron chi connectivity index (χ0n) is 10.7. The van der Waals surface area contributed by atoms with Crippen LogP contribution in [-0.4, -0.2) is 22.0 Å². The Hall–Kier alpha value is -2.69. The van der Waals surface area contributed by atoms with Crippen LogP contribution in [0.4, 0.5) is 5.69 Å². The second kappa shape index (κ2) is 6.47. The fourth-order valence-electron chi connectivity index (χ4n) is 1.80. The number of aromatic nitrogens is 1. The first kappa shape index (κ1) is 13.7. The summed E-state index contributed by atoms with van der Waals surface area (Å²) in [4.78, 5) is 26.8. The molecule has 0 unspecified atom stereocenters. The van der Waals surface area contributed by atoms with E-state index in [1.807, 2.05) is 12.1 Å². The van der Waals surface area contributed by atoms with Gasteiger partial charge in [-0.25, -0.2) is 4.79 Å². The van der Waals surface area contributed by atoms with Gasteiger partial charge in [0, 0.05) is 18.8 Å². The van der Waals surface area contributed by atoms with Gasteiger partial charge in [-0.2, -0.15) is 0 Å². The van der Waals surface area contributed by atoms with Crippen molar-refractivity contribution in [3.05, 3.63) is 59.9 Å². The highest BCUT2D eigenvalue weighted by Gasteiger charge is 2.11. The summed E-state index contributed by atoms with van der Waals surface area (Å²) >= 11 is 0. The van der Waals surface area contributed by atoms with Gasteiger partial charge in [-0.05, 0) is 30.2 Å². The molecular formula is C15H14N2O3. The van der Waals surface area contributed by atoms with E-state index in [-0.39, 0.29) is 17.9 Å². The van der Waals surface area contributed by atoms with Crippen molar-refractivity contribution in [2.45, 2.75) is 12.8 Å². The number of amides is 1. The number of nitrogens with zero attached hydrogens (tertiary/aromatic N) is 1. The van der Waals surface area contributed by atoms with E-state index in [4.69, 9.17) is 5.11 Å². The fourth-order valence-corrected chi connectivity index (χ4v) is 1.80. The Morgan fingerprint density at radius 3 is 2.65 bits per heavy atom. The SMILES string of the molecule is O=C(CCc1cccnc1)Nc1ccccc1C(=O)O. The van der Waals surface area contributed by atoms with E-state index >= 15 is 0 Å². The van der Waals surface area contributed by atoms with Gasteiger partial charge in [-0.3, -0.25) is 9.78 Å². The Bertz CT molecular complexity index is 612. The van der Waals surface area contributed by atoms with Crippen molar-refractivity contribution in [3.8, 4) is 0 Å². The Morgan fingerprint density at radius 2 is 1.95 bits per heavy atom. The zero-order valence-corrected chi connectivity index (χ0v) is 10.7. The maximum absolute atomic E-state index is 11.8. The molecule has 2 rings (SSSR count). The number of pyridine rings is 1. The largest absolute Gasteiger partial charge is 0.478 e. The first-order valence-corrected chi connectivity index (χ1v) is 6.18. The predicted octanol–water partition coefficient (Wildman–Crippen LogP) is 2.35. The van der Waals surface area contributed by atoms with E-state index in [2.05, 4.69) is 10.3 Å². The number of carboxylic acids is 1. The molecule has 1 heterocycles. The molecule has 0 spiro atoms. The van der Waals surface area contributed by atoms with E-state index in [0.717, 1.165) is 5.56 Å². The molecule has 0 aliphatic rings. The van der Waals surface area contributed by atoms with Gasteiger partial charge >= 0.3 is 5.97 Å². The smallest absolute Gasteiger partial charge is 0.337 e. The molecule has 0 aliphatic carbocycles. The second-order valence-electron chi connectivity index (χ2n) is 4.26. The summed E-state index contributed by atoms with van der Waals surface area (Å²) in [5, 5.41) is 11.6. The number of benzene rings is 1. The highest BCUT2D eigenvalue weighted by Crippen LogP contribution is 2.15. The number of rotatable bonds is 5. The number of aryl methyl sites for hydroxylation is 1. The highest BCUT2D eigenvalue weighted by atomic mass is 16.4. The number of hydrogen-bond donors (Lipinski definition) is 2. The van der Waals surface area contributed by atoms with Gasteiger partial charge < -0.3 is 10.4 Å². The van der Waals surface area contributed by atoms with Crippen molar-refractivity contribution in [1.29, 1.82) is 0 Å². The molecule has 0 bridgehead atoms. The van der Waals surface area contributed by atoms with Gasteiger partial charge in [0.15, 0.2) is 0 Å². The molecule has 0 radical (unpaired) electrons. The third kappa shape index (κ3) is 3.65. The summed E-state index contributed by atoms with van der Waals surface area (Å²) in [7, 11) is 0. The van der Waals surface area contributed by atoms with Crippen LogP contribution in [0.3, 0.4) is 0 Å². The average molecular weight is 270 g/mol. The zero-order chi connectivity index (χ0) is 14.4. The van der Waals surface area contributed by atoms with Crippen LogP contribution >= 0.6 is 0 Å². The molecular weight excluding hydrogens is 256 g/mol. The van der Waals surface area contributed by atoms with Gasteiger partial charge in [-0.15, -0.1) is 0 Å². The summed E-state index contributed by atoms with van der Waals surface area (Å²) in [6, 6.07) is 10.0. The van der Waals surface area contributed by atoms with Crippen molar-refractivity contribution in [1.82, 2.24) is 4.98 Å². The molecule has 1 amide bonds. The first-order chi connectivity index (χ1) is 9.66. The number of aromatic carboxylic acids is 1. The van der Waals surface area contributed by atoms with Crippen LogP contribution in [0.1, 0.15) is 22.3 Å².